The van der Waals surface area contributed by atoms with Crippen LogP contribution in [0.4, 0.5) is 21.5 Å². The number of thiazole rings is 1. The van der Waals surface area contributed by atoms with Crippen LogP contribution in [0, 0.1) is 15.9 Å². The molecule has 35 heavy (non-hydrogen) atoms. The number of H-pyrrole nitrogens is 1. The van der Waals surface area contributed by atoms with Gasteiger partial charge in [0.25, 0.3) is 5.69 Å². The predicted molar refractivity (Wildman–Crippen MR) is 130 cm³/mol. The minimum absolute atomic E-state index is 0.0142. The van der Waals surface area contributed by atoms with E-state index in [1.807, 2.05) is 35.7 Å². The summed E-state index contributed by atoms with van der Waals surface area (Å²) in [6.45, 7) is 0. The van der Waals surface area contributed by atoms with Crippen LogP contribution in [-0.2, 0) is 0 Å². The zero-order valence-corrected chi connectivity index (χ0v) is 18.6. The Kier molecular flexibility index (Phi) is 5.81. The van der Waals surface area contributed by atoms with E-state index in [0.29, 0.717) is 27.8 Å². The molecule has 0 atom stereocenters. The summed E-state index contributed by atoms with van der Waals surface area (Å²) in [6, 6.07) is 20.6. The fourth-order valence-electron chi connectivity index (χ4n) is 3.33. The van der Waals surface area contributed by atoms with Crippen LogP contribution in [0.25, 0.3) is 27.6 Å². The zero-order chi connectivity index (χ0) is 24.4. The molecule has 0 unspecified atom stereocenters. The Hall–Kier alpha value is -4.77. The minimum atomic E-state index is -0.506. The van der Waals surface area contributed by atoms with Gasteiger partial charge in [0.05, 0.1) is 22.0 Å². The molecule has 0 aliphatic carbocycles. The molecule has 0 spiro atoms. The number of rotatable bonds is 6. The number of nitro benzene ring substituents is 1. The highest BCUT2D eigenvalue weighted by Gasteiger charge is 2.20. The molecule has 2 heterocycles. The third-order valence-corrected chi connectivity index (χ3v) is 5.90. The van der Waals surface area contributed by atoms with Crippen molar-refractivity contribution in [3.63, 3.8) is 0 Å². The average molecular weight is 486 g/mol. The predicted octanol–water partition coefficient (Wildman–Crippen LogP) is 6.42. The summed E-state index contributed by atoms with van der Waals surface area (Å²) >= 11 is 1.27. The van der Waals surface area contributed by atoms with E-state index in [-0.39, 0.29) is 11.4 Å². The van der Waals surface area contributed by atoms with Crippen LogP contribution in [0.2, 0.25) is 0 Å². The van der Waals surface area contributed by atoms with Gasteiger partial charge in [0.15, 0.2) is 5.69 Å². The van der Waals surface area contributed by atoms with Gasteiger partial charge in [-0.25, -0.2) is 9.37 Å². The van der Waals surface area contributed by atoms with Gasteiger partial charge in [0.2, 0.25) is 5.13 Å². The SMILES string of the molecule is O=c1c(N=Nc2ccc(F)cc2)c(-c2ccc([N+](=O)[O-])cc2)[nH]n1-c1nc(-c2ccccc2)cs1. The Morgan fingerprint density at radius 2 is 1.66 bits per heavy atom. The summed E-state index contributed by atoms with van der Waals surface area (Å²) in [4.78, 5) is 28.4. The van der Waals surface area contributed by atoms with Crippen molar-refractivity contribution in [3.05, 3.63) is 111 Å². The van der Waals surface area contributed by atoms with Crippen LogP contribution in [0.15, 0.2) is 99.3 Å². The van der Waals surface area contributed by atoms with Crippen LogP contribution in [0.1, 0.15) is 0 Å². The summed E-state index contributed by atoms with van der Waals surface area (Å²) in [5, 5.41) is 24.5. The summed E-state index contributed by atoms with van der Waals surface area (Å²) < 4.78 is 14.5. The number of non-ortho nitro benzene ring substituents is 1. The van der Waals surface area contributed by atoms with Crippen molar-refractivity contribution >= 4 is 28.4 Å². The molecule has 2 aromatic heterocycles. The Balaban J connectivity index is 1.60. The standard InChI is InChI=1S/C24H15FN6O3S/c25-17-8-10-18(11-9-17)27-28-22-21(16-6-12-19(13-7-16)31(33)34)29-30(23(22)32)24-26-20(14-35-24)15-4-2-1-3-5-15/h1-14,29H. The minimum Gasteiger partial charge on any atom is -0.286 e. The summed E-state index contributed by atoms with van der Waals surface area (Å²) in [6.07, 6.45) is 0. The second-order valence-electron chi connectivity index (χ2n) is 7.34. The van der Waals surface area contributed by atoms with Crippen molar-refractivity contribution in [2.24, 2.45) is 10.2 Å². The van der Waals surface area contributed by atoms with Crippen LogP contribution in [0.3, 0.4) is 0 Å². The Morgan fingerprint density at radius 1 is 0.943 bits per heavy atom. The van der Waals surface area contributed by atoms with E-state index in [9.17, 15) is 19.3 Å². The number of aromatic amines is 1. The quantitative estimate of drug-likeness (QED) is 0.169. The molecule has 0 aliphatic rings. The molecule has 0 fully saturated rings. The number of hydrogen-bond donors (Lipinski definition) is 1. The van der Waals surface area contributed by atoms with Crippen LogP contribution >= 0.6 is 11.3 Å². The van der Waals surface area contributed by atoms with Crippen LogP contribution < -0.4 is 5.56 Å². The fourth-order valence-corrected chi connectivity index (χ4v) is 4.12. The van der Waals surface area contributed by atoms with Crippen molar-refractivity contribution in [1.82, 2.24) is 14.8 Å². The van der Waals surface area contributed by atoms with Gasteiger partial charge < -0.3 is 0 Å². The van der Waals surface area contributed by atoms with E-state index in [0.717, 1.165) is 5.56 Å². The first-order valence-electron chi connectivity index (χ1n) is 10.3. The Labute approximate surface area is 201 Å². The largest absolute Gasteiger partial charge is 0.301 e. The number of azo groups is 1. The smallest absolute Gasteiger partial charge is 0.286 e. The Bertz CT molecular complexity index is 1590. The van der Waals surface area contributed by atoms with Gasteiger partial charge in [0.1, 0.15) is 5.82 Å². The monoisotopic (exact) mass is 486 g/mol. The number of benzene rings is 3. The van der Waals surface area contributed by atoms with Gasteiger partial charge in [0, 0.05) is 28.6 Å². The third kappa shape index (κ3) is 4.52. The zero-order valence-electron chi connectivity index (χ0n) is 17.8. The van der Waals surface area contributed by atoms with Crippen molar-refractivity contribution in [3.8, 4) is 27.6 Å². The molecule has 0 amide bonds. The topological polar surface area (TPSA) is 119 Å². The highest BCUT2D eigenvalue weighted by Crippen LogP contribution is 2.31. The molecule has 0 saturated heterocycles. The molecule has 0 bridgehead atoms. The molecule has 0 saturated carbocycles. The maximum absolute atomic E-state index is 13.3. The van der Waals surface area contributed by atoms with Gasteiger partial charge in [-0.3, -0.25) is 20.0 Å². The average Bonchev–Trinajstić information content (AvgIpc) is 3.49. The summed E-state index contributed by atoms with van der Waals surface area (Å²) in [5.41, 5.74) is 2.18. The molecule has 9 nitrogen and oxygen atoms in total. The van der Waals surface area contributed by atoms with Crippen LogP contribution in [-0.4, -0.2) is 19.7 Å². The van der Waals surface area contributed by atoms with Crippen LogP contribution in [0.5, 0.6) is 0 Å². The molecule has 0 radical (unpaired) electrons. The number of nitrogens with one attached hydrogen (secondary N) is 1. The van der Waals surface area contributed by atoms with E-state index in [1.165, 1.54) is 64.5 Å². The lowest BCUT2D eigenvalue weighted by molar-refractivity contribution is -0.384. The molecule has 1 N–H and O–H groups in total. The molecular weight excluding hydrogens is 471 g/mol. The fraction of sp³-hybridized carbons (Fsp3) is 0. The van der Waals surface area contributed by atoms with Gasteiger partial charge in [-0.15, -0.1) is 16.5 Å². The number of nitro groups is 1. The summed E-state index contributed by atoms with van der Waals surface area (Å²) in [5.74, 6) is -0.419. The molecule has 0 aliphatic heterocycles. The van der Waals surface area contributed by atoms with Gasteiger partial charge >= 0.3 is 5.56 Å². The van der Waals surface area contributed by atoms with Gasteiger partial charge in [-0.1, -0.05) is 30.3 Å². The van der Waals surface area contributed by atoms with Gasteiger partial charge in [-0.05, 0) is 36.4 Å². The molecule has 5 rings (SSSR count). The van der Waals surface area contributed by atoms with E-state index >= 15 is 0 Å². The molecule has 11 heteroatoms. The van der Waals surface area contributed by atoms with Crippen molar-refractivity contribution in [1.29, 1.82) is 0 Å². The third-order valence-electron chi connectivity index (χ3n) is 5.08. The lowest BCUT2D eigenvalue weighted by atomic mass is 10.1. The van der Waals surface area contributed by atoms with E-state index in [4.69, 9.17) is 0 Å². The van der Waals surface area contributed by atoms with Gasteiger partial charge in [-0.2, -0.15) is 9.80 Å². The highest BCUT2D eigenvalue weighted by molar-refractivity contribution is 7.12. The number of halogens is 1. The van der Waals surface area contributed by atoms with Crippen molar-refractivity contribution in [2.75, 3.05) is 0 Å². The lowest BCUT2D eigenvalue weighted by Crippen LogP contribution is -2.13. The number of hydrogen-bond acceptors (Lipinski definition) is 7. The summed E-state index contributed by atoms with van der Waals surface area (Å²) in [7, 11) is 0. The van der Waals surface area contributed by atoms with E-state index in [1.54, 1.807) is 0 Å². The Morgan fingerprint density at radius 3 is 2.34 bits per heavy atom. The first-order chi connectivity index (χ1) is 17.0. The number of nitrogens with zero attached hydrogens (tertiary/aromatic N) is 5. The molecule has 172 valence electrons. The lowest BCUT2D eigenvalue weighted by Gasteiger charge is -2.00. The van der Waals surface area contributed by atoms with Crippen molar-refractivity contribution in [2.45, 2.75) is 0 Å². The highest BCUT2D eigenvalue weighted by atomic mass is 32.1. The normalized spacial score (nSPS) is 11.2. The maximum Gasteiger partial charge on any atom is 0.301 e. The molecule has 5 aromatic rings. The second-order valence-corrected chi connectivity index (χ2v) is 8.17. The maximum atomic E-state index is 13.3. The van der Waals surface area contributed by atoms with Crippen molar-refractivity contribution < 1.29 is 9.31 Å². The first-order valence-corrected chi connectivity index (χ1v) is 11.2. The molecular formula is C24H15FN6O3S. The first kappa shape index (κ1) is 22.0. The van der Waals surface area contributed by atoms with E-state index < -0.39 is 16.3 Å². The number of aromatic nitrogens is 3. The molecule has 3 aromatic carbocycles. The second kappa shape index (κ2) is 9.23. The van der Waals surface area contributed by atoms with E-state index in [2.05, 4.69) is 20.3 Å².